The first-order chi connectivity index (χ1) is 12.9. The lowest BCUT2D eigenvalue weighted by atomic mass is 10.1. The van der Waals surface area contributed by atoms with E-state index in [0.29, 0.717) is 10.8 Å². The van der Waals surface area contributed by atoms with Crippen molar-refractivity contribution in [1.82, 2.24) is 5.32 Å². The van der Waals surface area contributed by atoms with E-state index in [-0.39, 0.29) is 12.3 Å². The summed E-state index contributed by atoms with van der Waals surface area (Å²) in [5.41, 5.74) is 2.36. The van der Waals surface area contributed by atoms with Gasteiger partial charge in [0, 0.05) is 5.02 Å². The number of halogens is 1. The van der Waals surface area contributed by atoms with Gasteiger partial charge in [0.15, 0.2) is 6.61 Å². The van der Waals surface area contributed by atoms with Crippen LogP contribution in [0, 0.1) is 13.8 Å². The van der Waals surface area contributed by atoms with E-state index in [1.807, 2.05) is 44.2 Å². The number of carboxylic acid groups (broad SMARTS) is 1. The van der Waals surface area contributed by atoms with Crippen molar-refractivity contribution in [2.24, 2.45) is 0 Å². The average Bonchev–Trinajstić information content (AvgIpc) is 2.64. The molecule has 0 saturated heterocycles. The Morgan fingerprint density at radius 3 is 2.37 bits per heavy atom. The molecule has 27 heavy (non-hydrogen) atoms. The van der Waals surface area contributed by atoms with Crippen LogP contribution in [0.25, 0.3) is 6.08 Å². The number of carbonyl (C=O) groups is 2. The predicted molar refractivity (Wildman–Crippen MR) is 106 cm³/mol. The third kappa shape index (κ3) is 6.31. The zero-order valence-corrected chi connectivity index (χ0v) is 15.8. The van der Waals surface area contributed by atoms with Crippen LogP contribution < -0.4 is 10.1 Å². The van der Waals surface area contributed by atoms with Gasteiger partial charge in [0.1, 0.15) is 11.4 Å². The highest BCUT2D eigenvalue weighted by Crippen LogP contribution is 2.25. The summed E-state index contributed by atoms with van der Waals surface area (Å²) in [6, 6.07) is 12.8. The van der Waals surface area contributed by atoms with E-state index >= 15 is 0 Å². The van der Waals surface area contributed by atoms with Gasteiger partial charge in [-0.1, -0.05) is 54.1 Å². The number of allylic oxidation sites excluding steroid dienone is 2. The number of ether oxygens (including phenoxy) is 1. The van der Waals surface area contributed by atoms with Crippen molar-refractivity contribution in [2.75, 3.05) is 6.61 Å². The first-order valence-corrected chi connectivity index (χ1v) is 8.60. The summed E-state index contributed by atoms with van der Waals surface area (Å²) in [4.78, 5) is 23.3. The molecule has 0 fully saturated rings. The van der Waals surface area contributed by atoms with E-state index in [9.17, 15) is 14.7 Å². The number of carbonyl (C=O) groups excluding carboxylic acids is 1. The quantitative estimate of drug-likeness (QED) is 0.555. The molecule has 1 amide bonds. The fourth-order valence-electron chi connectivity index (χ4n) is 2.31. The Balaban J connectivity index is 1.97. The number of aryl methyl sites for hydroxylation is 2. The lowest BCUT2D eigenvalue weighted by Gasteiger charge is -2.10. The highest BCUT2D eigenvalue weighted by molar-refractivity contribution is 6.32. The van der Waals surface area contributed by atoms with Crippen LogP contribution in [0.15, 0.2) is 60.3 Å². The number of carboxylic acids is 1. The molecular weight excluding hydrogens is 366 g/mol. The average molecular weight is 386 g/mol. The molecule has 0 aromatic heterocycles. The second-order valence-electron chi connectivity index (χ2n) is 5.86. The third-order valence-electron chi connectivity index (χ3n) is 3.64. The number of rotatable bonds is 7. The van der Waals surface area contributed by atoms with Crippen LogP contribution in [0.4, 0.5) is 0 Å². The van der Waals surface area contributed by atoms with Gasteiger partial charge in [-0.05, 0) is 48.7 Å². The standard InChI is InChI=1S/C21H20ClNO4/c1-14-11-17(12-15(2)20(14)22)27-13-19(24)23-18(21(25)26)10-6-9-16-7-4-3-5-8-16/h3-12H,13H2,1-2H3,(H,23,24)(H,25,26)/b9-6+,18-10+. The SMILES string of the molecule is Cc1cc(OCC(=O)N/C(=C/C=C/c2ccccc2)C(=O)O)cc(C)c1Cl. The van der Waals surface area contributed by atoms with Crippen LogP contribution >= 0.6 is 11.6 Å². The van der Waals surface area contributed by atoms with Crippen LogP contribution in [0.2, 0.25) is 5.02 Å². The van der Waals surface area contributed by atoms with Gasteiger partial charge in [-0.2, -0.15) is 0 Å². The largest absolute Gasteiger partial charge is 0.484 e. The zero-order chi connectivity index (χ0) is 19.8. The number of nitrogens with one attached hydrogen (secondary N) is 1. The molecule has 0 aliphatic rings. The maximum atomic E-state index is 12.0. The monoisotopic (exact) mass is 385 g/mol. The fraction of sp³-hybridized carbons (Fsp3) is 0.143. The first kappa shape index (κ1) is 20.3. The molecule has 2 aromatic carbocycles. The number of hydrogen-bond donors (Lipinski definition) is 2. The number of benzene rings is 2. The molecule has 6 heteroatoms. The van der Waals surface area contributed by atoms with E-state index in [0.717, 1.165) is 16.7 Å². The molecule has 0 saturated carbocycles. The molecule has 0 heterocycles. The minimum absolute atomic E-state index is 0.237. The summed E-state index contributed by atoms with van der Waals surface area (Å²) < 4.78 is 5.43. The molecule has 0 aliphatic carbocycles. The number of aliphatic carboxylic acids is 1. The van der Waals surface area contributed by atoms with Crippen molar-refractivity contribution >= 4 is 29.6 Å². The minimum Gasteiger partial charge on any atom is -0.484 e. The Bertz CT molecular complexity index is 865. The Morgan fingerprint density at radius 1 is 1.15 bits per heavy atom. The normalized spacial score (nSPS) is 11.4. The van der Waals surface area contributed by atoms with Gasteiger partial charge in [-0.3, -0.25) is 4.79 Å². The summed E-state index contributed by atoms with van der Waals surface area (Å²) in [6.45, 7) is 3.37. The molecule has 2 N–H and O–H groups in total. The molecule has 2 rings (SSSR count). The van der Waals surface area contributed by atoms with E-state index in [1.54, 1.807) is 24.3 Å². The van der Waals surface area contributed by atoms with E-state index in [1.165, 1.54) is 6.08 Å². The Labute approximate surface area is 162 Å². The van der Waals surface area contributed by atoms with Crippen molar-refractivity contribution < 1.29 is 19.4 Å². The third-order valence-corrected chi connectivity index (χ3v) is 4.23. The molecule has 5 nitrogen and oxygen atoms in total. The predicted octanol–water partition coefficient (Wildman–Crippen LogP) is 4.13. The topological polar surface area (TPSA) is 75.6 Å². The summed E-state index contributed by atoms with van der Waals surface area (Å²) >= 11 is 6.09. The van der Waals surface area contributed by atoms with Crippen molar-refractivity contribution in [1.29, 1.82) is 0 Å². The molecular formula is C21H20ClNO4. The Hall–Kier alpha value is -3.05. The van der Waals surface area contributed by atoms with Crippen LogP contribution in [0.1, 0.15) is 16.7 Å². The van der Waals surface area contributed by atoms with Gasteiger partial charge in [0.05, 0.1) is 0 Å². The van der Waals surface area contributed by atoms with Gasteiger partial charge < -0.3 is 15.2 Å². The van der Waals surface area contributed by atoms with Gasteiger partial charge >= 0.3 is 5.97 Å². The number of amides is 1. The highest BCUT2D eigenvalue weighted by atomic mass is 35.5. The van der Waals surface area contributed by atoms with Gasteiger partial charge in [-0.25, -0.2) is 4.79 Å². The van der Waals surface area contributed by atoms with Crippen molar-refractivity contribution in [3.05, 3.63) is 82.0 Å². The molecule has 0 atom stereocenters. The molecule has 0 aliphatic heterocycles. The number of hydrogen-bond acceptors (Lipinski definition) is 3. The second kappa shape index (κ2) is 9.59. The van der Waals surface area contributed by atoms with Crippen molar-refractivity contribution in [3.63, 3.8) is 0 Å². The lowest BCUT2D eigenvalue weighted by Crippen LogP contribution is -2.31. The summed E-state index contributed by atoms with van der Waals surface area (Å²) in [6.07, 6.45) is 4.63. The molecule has 0 unspecified atom stereocenters. The smallest absolute Gasteiger partial charge is 0.352 e. The summed E-state index contributed by atoms with van der Waals surface area (Å²) in [5.74, 6) is -1.31. The van der Waals surface area contributed by atoms with Crippen LogP contribution in [0.5, 0.6) is 5.75 Å². The van der Waals surface area contributed by atoms with Crippen LogP contribution in [0.3, 0.4) is 0 Å². The van der Waals surface area contributed by atoms with Gasteiger partial charge in [-0.15, -0.1) is 0 Å². The molecule has 140 valence electrons. The first-order valence-electron chi connectivity index (χ1n) is 8.23. The fourth-order valence-corrected chi connectivity index (χ4v) is 2.42. The minimum atomic E-state index is -1.24. The van der Waals surface area contributed by atoms with Gasteiger partial charge in [0.2, 0.25) is 0 Å². The summed E-state index contributed by atoms with van der Waals surface area (Å²) in [7, 11) is 0. The summed E-state index contributed by atoms with van der Waals surface area (Å²) in [5, 5.41) is 12.2. The molecule has 0 spiro atoms. The zero-order valence-electron chi connectivity index (χ0n) is 15.0. The van der Waals surface area contributed by atoms with Crippen molar-refractivity contribution in [2.45, 2.75) is 13.8 Å². The van der Waals surface area contributed by atoms with Crippen LogP contribution in [-0.4, -0.2) is 23.6 Å². The van der Waals surface area contributed by atoms with Gasteiger partial charge in [0.25, 0.3) is 5.91 Å². The Morgan fingerprint density at radius 2 is 1.78 bits per heavy atom. The second-order valence-corrected chi connectivity index (χ2v) is 6.24. The molecule has 2 aromatic rings. The van der Waals surface area contributed by atoms with E-state index < -0.39 is 11.9 Å². The highest BCUT2D eigenvalue weighted by Gasteiger charge is 2.12. The molecule has 0 bridgehead atoms. The van der Waals surface area contributed by atoms with Crippen LogP contribution in [-0.2, 0) is 9.59 Å². The Kier molecular flexibility index (Phi) is 7.20. The maximum Gasteiger partial charge on any atom is 0.352 e. The van der Waals surface area contributed by atoms with Crippen molar-refractivity contribution in [3.8, 4) is 5.75 Å². The molecule has 0 radical (unpaired) electrons. The van der Waals surface area contributed by atoms with E-state index in [4.69, 9.17) is 16.3 Å². The maximum absolute atomic E-state index is 12.0. The lowest BCUT2D eigenvalue weighted by molar-refractivity contribution is -0.134. The van der Waals surface area contributed by atoms with E-state index in [2.05, 4.69) is 5.32 Å².